The molecule has 1 aliphatic rings. The van der Waals surface area contributed by atoms with E-state index in [-0.39, 0.29) is 23.7 Å². The highest BCUT2D eigenvalue weighted by Gasteiger charge is 2.24. The minimum Gasteiger partial charge on any atom is -0.497 e. The average molecular weight is 501 g/mol. The molecule has 0 spiro atoms. The lowest BCUT2D eigenvalue weighted by Crippen LogP contribution is -2.24. The lowest BCUT2D eigenvalue weighted by atomic mass is 10.0. The van der Waals surface area contributed by atoms with Gasteiger partial charge in [-0.25, -0.2) is 13.9 Å². The third-order valence-electron chi connectivity index (χ3n) is 7.15. The molecular weight excluding hydrogens is 467 g/mol. The zero-order chi connectivity index (χ0) is 26.1. The SMILES string of the molecule is CCc1ccc(F)cc1N=C(N)c1cnn2cc(-c3ccc(OC)cc3C)cc2c1NC1CCC(N)C1. The van der Waals surface area contributed by atoms with Crippen LogP contribution >= 0.6 is 0 Å². The van der Waals surface area contributed by atoms with Gasteiger partial charge in [0.2, 0.25) is 0 Å². The second-order valence-corrected chi connectivity index (χ2v) is 9.71. The van der Waals surface area contributed by atoms with Crippen LogP contribution < -0.4 is 21.5 Å². The number of benzene rings is 2. The molecule has 0 aliphatic heterocycles. The second kappa shape index (κ2) is 10.2. The van der Waals surface area contributed by atoms with Crippen LogP contribution in [0.2, 0.25) is 0 Å². The van der Waals surface area contributed by atoms with Crippen molar-refractivity contribution < 1.29 is 9.13 Å². The molecule has 1 aliphatic carbocycles. The van der Waals surface area contributed by atoms with Crippen LogP contribution in [0.15, 0.2) is 59.9 Å². The molecule has 37 heavy (non-hydrogen) atoms. The van der Waals surface area contributed by atoms with Gasteiger partial charge < -0.3 is 21.5 Å². The average Bonchev–Trinajstić information content (AvgIpc) is 3.50. The summed E-state index contributed by atoms with van der Waals surface area (Å²) in [6, 6.07) is 13.1. The fourth-order valence-corrected chi connectivity index (χ4v) is 5.12. The van der Waals surface area contributed by atoms with E-state index in [1.165, 1.54) is 12.1 Å². The van der Waals surface area contributed by atoms with Crippen LogP contribution in [0.3, 0.4) is 0 Å². The lowest BCUT2D eigenvalue weighted by Gasteiger charge is -2.18. The van der Waals surface area contributed by atoms with Gasteiger partial charge in [0.05, 0.1) is 35.8 Å². The molecule has 2 atom stereocenters. The first-order valence-corrected chi connectivity index (χ1v) is 12.7. The lowest BCUT2D eigenvalue weighted by molar-refractivity contribution is 0.414. The summed E-state index contributed by atoms with van der Waals surface area (Å²) in [5.74, 6) is 0.753. The van der Waals surface area contributed by atoms with Crippen molar-refractivity contribution in [2.45, 2.75) is 51.6 Å². The molecule has 5 N–H and O–H groups in total. The highest BCUT2D eigenvalue weighted by atomic mass is 19.1. The Morgan fingerprint density at radius 2 is 2.05 bits per heavy atom. The zero-order valence-corrected chi connectivity index (χ0v) is 21.5. The van der Waals surface area contributed by atoms with E-state index in [1.54, 1.807) is 19.4 Å². The highest BCUT2D eigenvalue weighted by Crippen LogP contribution is 2.34. The van der Waals surface area contributed by atoms with E-state index in [4.69, 9.17) is 16.2 Å². The Bertz CT molecular complexity index is 1480. The third-order valence-corrected chi connectivity index (χ3v) is 7.15. The predicted molar refractivity (Wildman–Crippen MR) is 147 cm³/mol. The predicted octanol–water partition coefficient (Wildman–Crippen LogP) is 5.35. The van der Waals surface area contributed by atoms with Crippen LogP contribution in [-0.2, 0) is 6.42 Å². The Morgan fingerprint density at radius 1 is 1.22 bits per heavy atom. The Kier molecular flexibility index (Phi) is 6.84. The minimum absolute atomic E-state index is 0.175. The molecule has 7 nitrogen and oxygen atoms in total. The second-order valence-electron chi connectivity index (χ2n) is 9.71. The number of hydrogen-bond acceptors (Lipinski definition) is 5. The van der Waals surface area contributed by atoms with Gasteiger partial charge in [-0.05, 0) is 79.6 Å². The summed E-state index contributed by atoms with van der Waals surface area (Å²) in [7, 11) is 1.67. The molecule has 0 bridgehead atoms. The number of aromatic nitrogens is 2. The molecule has 2 aromatic heterocycles. The van der Waals surface area contributed by atoms with Crippen LogP contribution in [0.25, 0.3) is 16.6 Å². The van der Waals surface area contributed by atoms with E-state index in [0.717, 1.165) is 64.9 Å². The number of amidine groups is 1. The van der Waals surface area contributed by atoms with Crippen LogP contribution in [-0.4, -0.2) is 34.6 Å². The molecule has 8 heteroatoms. The van der Waals surface area contributed by atoms with Crippen molar-refractivity contribution >= 4 is 22.7 Å². The summed E-state index contributed by atoms with van der Waals surface area (Å²) < 4.78 is 21.2. The number of nitrogens with zero attached hydrogens (tertiary/aromatic N) is 3. The van der Waals surface area contributed by atoms with Gasteiger partial charge in [0, 0.05) is 23.8 Å². The number of anilines is 1. The third kappa shape index (κ3) is 5.02. The molecule has 1 saturated carbocycles. The highest BCUT2D eigenvalue weighted by molar-refractivity contribution is 6.06. The van der Waals surface area contributed by atoms with E-state index in [1.807, 2.05) is 29.8 Å². The van der Waals surface area contributed by atoms with Gasteiger partial charge in [-0.3, -0.25) is 0 Å². The molecular formula is C29H33FN6O. The minimum atomic E-state index is -0.346. The van der Waals surface area contributed by atoms with Gasteiger partial charge in [-0.15, -0.1) is 0 Å². The standard InChI is InChI=1S/C29H33FN6O/c1-4-18-5-6-20(30)13-26(18)35-29(32)25-15-33-36-16-19(24-10-9-23(37-3)11-17(24)2)12-27(36)28(25)34-22-8-7-21(31)14-22/h5-6,9-13,15-16,21-22,34H,4,7-8,14,31H2,1-3H3,(H2,32,35). The summed E-state index contributed by atoms with van der Waals surface area (Å²) in [4.78, 5) is 4.64. The maximum Gasteiger partial charge on any atom is 0.135 e. The first kappa shape index (κ1) is 24.8. The van der Waals surface area contributed by atoms with Gasteiger partial charge in [0.1, 0.15) is 17.4 Å². The van der Waals surface area contributed by atoms with E-state index >= 15 is 0 Å². The maximum atomic E-state index is 14.0. The fraction of sp³-hybridized carbons (Fsp3) is 0.310. The van der Waals surface area contributed by atoms with Gasteiger partial charge in [-0.1, -0.05) is 19.1 Å². The van der Waals surface area contributed by atoms with Crippen molar-refractivity contribution in [3.63, 3.8) is 0 Å². The monoisotopic (exact) mass is 500 g/mol. The van der Waals surface area contributed by atoms with Gasteiger partial charge >= 0.3 is 0 Å². The number of aryl methyl sites for hydroxylation is 2. The smallest absolute Gasteiger partial charge is 0.135 e. The fourth-order valence-electron chi connectivity index (χ4n) is 5.12. The van der Waals surface area contributed by atoms with Gasteiger partial charge in [0.25, 0.3) is 0 Å². The number of hydrogen-bond donors (Lipinski definition) is 3. The van der Waals surface area contributed by atoms with Crippen molar-refractivity contribution in [1.82, 2.24) is 9.61 Å². The Labute approximate surface area is 216 Å². The molecule has 4 aromatic rings. The van der Waals surface area contributed by atoms with Gasteiger partial charge in [0.15, 0.2) is 0 Å². The van der Waals surface area contributed by atoms with Crippen LogP contribution in [0.5, 0.6) is 5.75 Å². The molecule has 2 aromatic carbocycles. The molecule has 0 saturated heterocycles. The van der Waals surface area contributed by atoms with Crippen molar-refractivity contribution in [1.29, 1.82) is 0 Å². The number of methoxy groups -OCH3 is 1. The molecule has 0 amide bonds. The number of fused-ring (bicyclic) bond motifs is 1. The molecule has 192 valence electrons. The van der Waals surface area contributed by atoms with Crippen molar-refractivity contribution in [2.75, 3.05) is 12.4 Å². The summed E-state index contributed by atoms with van der Waals surface area (Å²) >= 11 is 0. The summed E-state index contributed by atoms with van der Waals surface area (Å²) in [6.07, 6.45) is 7.27. The van der Waals surface area contributed by atoms with E-state index in [2.05, 4.69) is 34.5 Å². The first-order chi connectivity index (χ1) is 17.9. The molecule has 2 unspecified atom stereocenters. The zero-order valence-electron chi connectivity index (χ0n) is 21.5. The molecule has 2 heterocycles. The number of ether oxygens (including phenoxy) is 1. The Morgan fingerprint density at radius 3 is 2.76 bits per heavy atom. The summed E-state index contributed by atoms with van der Waals surface area (Å²) in [5, 5.41) is 8.35. The number of aliphatic imine (C=N–C) groups is 1. The largest absolute Gasteiger partial charge is 0.497 e. The number of rotatable bonds is 7. The topological polar surface area (TPSA) is 103 Å². The van der Waals surface area contributed by atoms with Crippen LogP contribution in [0.1, 0.15) is 42.9 Å². The molecule has 5 rings (SSSR count). The number of nitrogens with two attached hydrogens (primary N) is 2. The van der Waals surface area contributed by atoms with E-state index in [9.17, 15) is 4.39 Å². The Balaban J connectivity index is 1.63. The number of halogens is 1. The van der Waals surface area contributed by atoms with Crippen LogP contribution in [0, 0.1) is 12.7 Å². The molecule has 0 radical (unpaired) electrons. The van der Waals surface area contributed by atoms with Crippen molar-refractivity contribution in [3.8, 4) is 16.9 Å². The number of nitrogens with one attached hydrogen (secondary N) is 1. The molecule has 1 fully saturated rings. The summed E-state index contributed by atoms with van der Waals surface area (Å²) in [5.41, 5.74) is 19.9. The maximum absolute atomic E-state index is 14.0. The summed E-state index contributed by atoms with van der Waals surface area (Å²) in [6.45, 7) is 4.07. The van der Waals surface area contributed by atoms with E-state index < -0.39 is 0 Å². The van der Waals surface area contributed by atoms with Crippen molar-refractivity contribution in [2.24, 2.45) is 16.5 Å². The quantitative estimate of drug-likeness (QED) is 0.235. The normalized spacial score (nSPS) is 17.9. The van der Waals surface area contributed by atoms with Gasteiger partial charge in [-0.2, -0.15) is 5.10 Å². The van der Waals surface area contributed by atoms with E-state index in [0.29, 0.717) is 11.3 Å². The first-order valence-electron chi connectivity index (χ1n) is 12.7. The van der Waals surface area contributed by atoms with Crippen LogP contribution in [0.4, 0.5) is 15.8 Å². The Hall–Kier alpha value is -3.91. The van der Waals surface area contributed by atoms with Crippen molar-refractivity contribution in [3.05, 3.63) is 77.4 Å².